The summed E-state index contributed by atoms with van der Waals surface area (Å²) in [6, 6.07) is 29.9. The largest absolute Gasteiger partial charge is 0.354 e. The number of carbonyl (C=O) groups excluding carboxylic acids is 2. The molecule has 7 nitrogen and oxygen atoms in total. The number of halogens is 1. The van der Waals surface area contributed by atoms with Crippen LogP contribution in [0.15, 0.2) is 112 Å². The van der Waals surface area contributed by atoms with Gasteiger partial charge in [-0.15, -0.1) is 0 Å². The molecule has 0 saturated carbocycles. The summed E-state index contributed by atoms with van der Waals surface area (Å²) in [4.78, 5) is 30.0. The number of unbranched alkanes of at least 4 members (excludes halogenated alkanes) is 1. The van der Waals surface area contributed by atoms with Crippen LogP contribution >= 0.6 is 15.9 Å². The second-order valence-electron chi connectivity index (χ2n) is 11.2. The Labute approximate surface area is 275 Å². The number of hydrogen-bond acceptors (Lipinski definition) is 4. The third-order valence-electron chi connectivity index (χ3n) is 7.52. The number of hydrogen-bond donors (Lipinski definition) is 1. The number of aryl methyl sites for hydroxylation is 2. The quantitative estimate of drug-likeness (QED) is 0.147. The Morgan fingerprint density at radius 1 is 0.822 bits per heavy atom. The van der Waals surface area contributed by atoms with Crippen LogP contribution in [0.3, 0.4) is 0 Å². The van der Waals surface area contributed by atoms with Crippen molar-refractivity contribution >= 4 is 43.5 Å². The van der Waals surface area contributed by atoms with Gasteiger partial charge in [0, 0.05) is 24.0 Å². The van der Waals surface area contributed by atoms with Crippen molar-refractivity contribution in [3.05, 3.63) is 130 Å². The maximum absolute atomic E-state index is 14.5. The molecule has 9 heteroatoms. The molecule has 0 unspecified atom stereocenters. The molecule has 0 spiro atoms. The van der Waals surface area contributed by atoms with E-state index < -0.39 is 28.5 Å². The summed E-state index contributed by atoms with van der Waals surface area (Å²) >= 11 is 3.45. The van der Waals surface area contributed by atoms with Crippen LogP contribution in [0.5, 0.6) is 0 Å². The summed E-state index contributed by atoms with van der Waals surface area (Å²) in [5.74, 6) is -0.762. The van der Waals surface area contributed by atoms with Crippen LogP contribution in [0, 0.1) is 13.8 Å². The highest BCUT2D eigenvalue weighted by atomic mass is 79.9. The summed E-state index contributed by atoms with van der Waals surface area (Å²) in [5, 5.41) is 3.02. The molecule has 0 bridgehead atoms. The van der Waals surface area contributed by atoms with E-state index in [1.807, 2.05) is 75.4 Å². The lowest BCUT2D eigenvalue weighted by molar-refractivity contribution is -0.140. The Morgan fingerprint density at radius 3 is 2.18 bits per heavy atom. The molecule has 0 aliphatic rings. The molecule has 0 saturated heterocycles. The Kier molecular flexibility index (Phi) is 12.0. The van der Waals surface area contributed by atoms with Gasteiger partial charge < -0.3 is 10.2 Å². The van der Waals surface area contributed by atoms with Crippen LogP contribution in [-0.2, 0) is 32.6 Å². The molecule has 4 rings (SSSR count). The molecular weight excluding hydrogens is 650 g/mol. The van der Waals surface area contributed by atoms with Gasteiger partial charge >= 0.3 is 0 Å². The minimum Gasteiger partial charge on any atom is -0.354 e. The summed E-state index contributed by atoms with van der Waals surface area (Å²) in [6.45, 7) is 6.03. The van der Waals surface area contributed by atoms with E-state index in [2.05, 4.69) is 21.2 Å². The fraction of sp³-hybridized carbons (Fsp3) is 0.278. The number of anilines is 1. The van der Waals surface area contributed by atoms with Crippen LogP contribution in [0.25, 0.3) is 0 Å². The molecule has 0 radical (unpaired) electrons. The lowest BCUT2D eigenvalue weighted by Gasteiger charge is -2.34. The van der Waals surface area contributed by atoms with Crippen molar-refractivity contribution in [2.45, 2.75) is 57.5 Å². The van der Waals surface area contributed by atoms with Gasteiger partial charge in [-0.2, -0.15) is 0 Å². The van der Waals surface area contributed by atoms with E-state index in [0.29, 0.717) is 16.7 Å². The van der Waals surface area contributed by atoms with Gasteiger partial charge in [0.05, 0.1) is 10.6 Å². The second-order valence-corrected chi connectivity index (χ2v) is 13.9. The Morgan fingerprint density at radius 2 is 1.51 bits per heavy atom. The molecule has 4 aromatic carbocycles. The molecule has 2 amide bonds. The first-order chi connectivity index (χ1) is 21.6. The fourth-order valence-corrected chi connectivity index (χ4v) is 6.86. The highest BCUT2D eigenvalue weighted by Crippen LogP contribution is 2.27. The van der Waals surface area contributed by atoms with Crippen molar-refractivity contribution in [1.82, 2.24) is 10.2 Å². The van der Waals surface area contributed by atoms with Gasteiger partial charge in [0.15, 0.2) is 0 Å². The zero-order valence-electron chi connectivity index (χ0n) is 25.9. The standard InChI is InChI=1S/C36H40BrN3O4S/c1-4-5-21-38-36(42)34(23-29-12-7-6-8-13-29)39(25-30-14-9-11-28(3)22-30)35(41)26-40(32-16-10-15-31(37)24-32)45(43,44)33-19-17-27(2)18-20-33/h6-20,22,24,34H,4-5,21,23,25-26H2,1-3H3,(H,38,42)/t34-/m1/s1. The maximum atomic E-state index is 14.5. The molecule has 0 aliphatic heterocycles. The number of benzene rings is 4. The van der Waals surface area contributed by atoms with Gasteiger partial charge in [-0.1, -0.05) is 113 Å². The number of nitrogens with zero attached hydrogens (tertiary/aromatic N) is 2. The lowest BCUT2D eigenvalue weighted by atomic mass is 10.0. The van der Waals surface area contributed by atoms with E-state index in [1.54, 1.807) is 48.5 Å². The minimum absolute atomic E-state index is 0.0734. The van der Waals surface area contributed by atoms with Gasteiger partial charge in [-0.3, -0.25) is 13.9 Å². The average molecular weight is 691 g/mol. The SMILES string of the molecule is CCCCNC(=O)[C@@H](Cc1ccccc1)N(Cc1cccc(C)c1)C(=O)CN(c1cccc(Br)c1)S(=O)(=O)c1ccc(C)cc1. The van der Waals surface area contributed by atoms with Gasteiger partial charge in [-0.25, -0.2) is 8.42 Å². The average Bonchev–Trinajstić information content (AvgIpc) is 3.02. The zero-order chi connectivity index (χ0) is 32.4. The van der Waals surface area contributed by atoms with Crippen LogP contribution in [0.4, 0.5) is 5.69 Å². The molecule has 236 valence electrons. The van der Waals surface area contributed by atoms with E-state index >= 15 is 0 Å². The van der Waals surface area contributed by atoms with Crippen LogP contribution in [-0.4, -0.2) is 44.3 Å². The lowest BCUT2D eigenvalue weighted by Crippen LogP contribution is -2.53. The highest BCUT2D eigenvalue weighted by molar-refractivity contribution is 9.10. The number of amides is 2. The smallest absolute Gasteiger partial charge is 0.264 e. The molecule has 1 N–H and O–H groups in total. The van der Waals surface area contributed by atoms with Crippen molar-refractivity contribution in [3.8, 4) is 0 Å². The Hall–Kier alpha value is -3.95. The zero-order valence-corrected chi connectivity index (χ0v) is 28.4. The van der Waals surface area contributed by atoms with Gasteiger partial charge in [0.25, 0.3) is 10.0 Å². The summed E-state index contributed by atoms with van der Waals surface area (Å²) in [6.07, 6.45) is 1.99. The van der Waals surface area contributed by atoms with Crippen LogP contribution in [0.1, 0.15) is 42.0 Å². The van der Waals surface area contributed by atoms with Crippen molar-refractivity contribution < 1.29 is 18.0 Å². The monoisotopic (exact) mass is 689 g/mol. The highest BCUT2D eigenvalue weighted by Gasteiger charge is 2.34. The van der Waals surface area contributed by atoms with Crippen molar-refractivity contribution in [3.63, 3.8) is 0 Å². The normalized spacial score (nSPS) is 11.9. The molecule has 4 aromatic rings. The van der Waals surface area contributed by atoms with E-state index in [9.17, 15) is 18.0 Å². The summed E-state index contributed by atoms with van der Waals surface area (Å²) in [7, 11) is -4.15. The first kappa shape index (κ1) is 33.9. The van der Waals surface area contributed by atoms with Gasteiger partial charge in [0.1, 0.15) is 12.6 Å². The van der Waals surface area contributed by atoms with Gasteiger partial charge in [-0.05, 0) is 61.7 Å². The van der Waals surface area contributed by atoms with E-state index in [4.69, 9.17) is 0 Å². The molecule has 45 heavy (non-hydrogen) atoms. The molecular formula is C36H40BrN3O4S. The Balaban J connectivity index is 1.79. The predicted octanol–water partition coefficient (Wildman–Crippen LogP) is 6.82. The van der Waals surface area contributed by atoms with Crippen molar-refractivity contribution in [2.75, 3.05) is 17.4 Å². The molecule has 0 aromatic heterocycles. The number of rotatable bonds is 14. The van der Waals surface area contributed by atoms with Gasteiger partial charge in [0.2, 0.25) is 11.8 Å². The van der Waals surface area contributed by atoms with E-state index in [1.165, 1.54) is 4.90 Å². The number of nitrogens with one attached hydrogen (secondary N) is 1. The van der Waals surface area contributed by atoms with Crippen molar-refractivity contribution in [1.29, 1.82) is 0 Å². The number of sulfonamides is 1. The van der Waals surface area contributed by atoms with Crippen molar-refractivity contribution in [2.24, 2.45) is 0 Å². The van der Waals surface area contributed by atoms with E-state index in [0.717, 1.165) is 39.4 Å². The molecule has 0 aliphatic carbocycles. The first-order valence-corrected chi connectivity index (χ1v) is 17.3. The molecule has 0 heterocycles. The number of carbonyl (C=O) groups is 2. The fourth-order valence-electron chi connectivity index (χ4n) is 5.06. The molecule has 0 fully saturated rings. The topological polar surface area (TPSA) is 86.8 Å². The maximum Gasteiger partial charge on any atom is 0.264 e. The predicted molar refractivity (Wildman–Crippen MR) is 183 cm³/mol. The molecule has 1 atom stereocenters. The summed E-state index contributed by atoms with van der Waals surface area (Å²) < 4.78 is 30.1. The van der Waals surface area contributed by atoms with Crippen LogP contribution < -0.4 is 9.62 Å². The second kappa shape index (κ2) is 15.9. The third kappa shape index (κ3) is 9.28. The van der Waals surface area contributed by atoms with E-state index in [-0.39, 0.29) is 23.8 Å². The first-order valence-electron chi connectivity index (χ1n) is 15.1. The summed E-state index contributed by atoms with van der Waals surface area (Å²) in [5.41, 5.74) is 4.01. The van der Waals surface area contributed by atoms with Crippen LogP contribution in [0.2, 0.25) is 0 Å². The third-order valence-corrected chi connectivity index (χ3v) is 9.80. The Bertz CT molecular complexity index is 1700. The minimum atomic E-state index is -4.15.